The van der Waals surface area contributed by atoms with Gasteiger partial charge in [0.2, 0.25) is 0 Å². The van der Waals surface area contributed by atoms with Crippen molar-refractivity contribution in [3.63, 3.8) is 0 Å². The molecule has 88 valence electrons. The average Bonchev–Trinajstić information content (AvgIpc) is 2.07. The molecule has 0 aliphatic rings. The highest BCUT2D eigenvalue weighted by Crippen LogP contribution is 2.33. The van der Waals surface area contributed by atoms with Crippen LogP contribution in [0.1, 0.15) is 5.56 Å². The number of phenols is 1. The van der Waals surface area contributed by atoms with Gasteiger partial charge in [-0.3, -0.25) is 10.1 Å². The summed E-state index contributed by atoms with van der Waals surface area (Å²) in [5.41, 5.74) is -0.322. The van der Waals surface area contributed by atoms with Gasteiger partial charge in [0, 0.05) is 0 Å². The normalized spacial score (nSPS) is 11.1. The smallest absolute Gasteiger partial charge is 0.314 e. The van der Waals surface area contributed by atoms with Crippen molar-refractivity contribution in [1.82, 2.24) is 0 Å². The molecule has 0 saturated heterocycles. The van der Waals surface area contributed by atoms with Crippen LogP contribution in [0.25, 0.3) is 0 Å². The minimum atomic E-state index is -3.76. The Kier molecular flexibility index (Phi) is 3.04. The fourth-order valence-corrected chi connectivity index (χ4v) is 1.57. The quantitative estimate of drug-likeness (QED) is 0.484. The molecule has 1 rings (SSSR count). The molecule has 7 nitrogen and oxygen atoms in total. The second kappa shape index (κ2) is 3.97. The lowest BCUT2D eigenvalue weighted by molar-refractivity contribution is -0.385. The first-order valence-corrected chi connectivity index (χ1v) is 5.90. The SMILES string of the molecule is Cc1cc(O)c([N+](=O)[O-])cc1OS(C)(=O)=O. The van der Waals surface area contributed by atoms with Crippen LogP contribution >= 0.6 is 0 Å². The van der Waals surface area contributed by atoms with E-state index in [0.29, 0.717) is 0 Å². The Hall–Kier alpha value is -1.83. The van der Waals surface area contributed by atoms with Crippen LogP contribution in [-0.4, -0.2) is 24.7 Å². The highest BCUT2D eigenvalue weighted by atomic mass is 32.2. The van der Waals surface area contributed by atoms with Crippen LogP contribution in [0.4, 0.5) is 5.69 Å². The fraction of sp³-hybridized carbons (Fsp3) is 0.250. The van der Waals surface area contributed by atoms with E-state index in [-0.39, 0.29) is 11.3 Å². The molecular weight excluding hydrogens is 238 g/mol. The van der Waals surface area contributed by atoms with Gasteiger partial charge in [0.05, 0.1) is 17.2 Å². The number of phenolic OH excluding ortho intramolecular Hbond substituents is 1. The summed E-state index contributed by atoms with van der Waals surface area (Å²) in [6, 6.07) is 1.93. The van der Waals surface area contributed by atoms with Gasteiger partial charge in [0.25, 0.3) is 0 Å². The van der Waals surface area contributed by atoms with Crippen LogP contribution in [0.3, 0.4) is 0 Å². The maximum absolute atomic E-state index is 10.9. The van der Waals surface area contributed by atoms with Gasteiger partial charge in [-0.2, -0.15) is 8.42 Å². The molecule has 1 aromatic carbocycles. The first kappa shape index (κ1) is 12.2. The van der Waals surface area contributed by atoms with E-state index in [1.54, 1.807) is 0 Å². The predicted molar refractivity (Wildman–Crippen MR) is 55.0 cm³/mol. The molecule has 1 aromatic rings. The number of hydrogen-bond acceptors (Lipinski definition) is 6. The summed E-state index contributed by atoms with van der Waals surface area (Å²) in [4.78, 5) is 9.66. The number of hydrogen-bond donors (Lipinski definition) is 1. The number of aromatic hydroxyl groups is 1. The van der Waals surface area contributed by atoms with Gasteiger partial charge in [0.1, 0.15) is 0 Å². The summed E-state index contributed by atoms with van der Waals surface area (Å²) < 4.78 is 26.3. The lowest BCUT2D eigenvalue weighted by Gasteiger charge is -2.06. The van der Waals surface area contributed by atoms with Crippen molar-refractivity contribution in [2.24, 2.45) is 0 Å². The van der Waals surface area contributed by atoms with Crippen molar-refractivity contribution in [3.8, 4) is 11.5 Å². The number of aryl methyl sites for hydroxylation is 1. The number of nitro benzene ring substituents is 1. The zero-order valence-corrected chi connectivity index (χ0v) is 9.32. The third kappa shape index (κ3) is 2.83. The highest BCUT2D eigenvalue weighted by Gasteiger charge is 2.18. The van der Waals surface area contributed by atoms with E-state index in [1.165, 1.54) is 6.92 Å². The summed E-state index contributed by atoms with van der Waals surface area (Å²) in [5.74, 6) is -0.713. The first-order chi connectivity index (χ1) is 7.20. The Bertz CT molecular complexity index is 536. The summed E-state index contributed by atoms with van der Waals surface area (Å²) in [7, 11) is -3.76. The van der Waals surface area contributed by atoms with Crippen molar-refractivity contribution in [2.45, 2.75) is 6.92 Å². The molecule has 0 fully saturated rings. The Labute approximate surface area is 91.6 Å². The van der Waals surface area contributed by atoms with Crippen molar-refractivity contribution in [1.29, 1.82) is 0 Å². The molecule has 1 N–H and O–H groups in total. The van der Waals surface area contributed by atoms with Gasteiger partial charge in [-0.1, -0.05) is 0 Å². The summed E-state index contributed by atoms with van der Waals surface area (Å²) >= 11 is 0. The Morgan fingerprint density at radius 1 is 1.44 bits per heavy atom. The van der Waals surface area contributed by atoms with Crippen LogP contribution in [0.15, 0.2) is 12.1 Å². The van der Waals surface area contributed by atoms with Crippen LogP contribution in [-0.2, 0) is 10.1 Å². The van der Waals surface area contributed by atoms with Gasteiger partial charge >= 0.3 is 15.8 Å². The monoisotopic (exact) mass is 247 g/mol. The Morgan fingerprint density at radius 2 is 2.00 bits per heavy atom. The van der Waals surface area contributed by atoms with Crippen molar-refractivity contribution < 1.29 is 22.6 Å². The van der Waals surface area contributed by atoms with Crippen LogP contribution in [0.5, 0.6) is 11.5 Å². The molecule has 0 aliphatic carbocycles. The molecule has 0 atom stereocenters. The van der Waals surface area contributed by atoms with Gasteiger partial charge < -0.3 is 9.29 Å². The molecule has 0 aromatic heterocycles. The molecule has 0 bridgehead atoms. The van der Waals surface area contributed by atoms with Crippen molar-refractivity contribution in [3.05, 3.63) is 27.8 Å². The van der Waals surface area contributed by atoms with Crippen LogP contribution in [0, 0.1) is 17.0 Å². The summed E-state index contributed by atoms with van der Waals surface area (Å²) in [6.45, 7) is 1.46. The largest absolute Gasteiger partial charge is 0.502 e. The molecular formula is C8H9NO6S. The average molecular weight is 247 g/mol. The second-order valence-corrected chi connectivity index (χ2v) is 4.73. The zero-order chi connectivity index (χ0) is 12.5. The van der Waals surface area contributed by atoms with Crippen molar-refractivity contribution >= 4 is 15.8 Å². The fourth-order valence-electron chi connectivity index (χ4n) is 1.06. The molecule has 16 heavy (non-hydrogen) atoms. The van der Waals surface area contributed by atoms with Crippen LogP contribution in [0.2, 0.25) is 0 Å². The first-order valence-electron chi connectivity index (χ1n) is 4.08. The van der Waals surface area contributed by atoms with Crippen molar-refractivity contribution in [2.75, 3.05) is 6.26 Å². The molecule has 0 aliphatic heterocycles. The van der Waals surface area contributed by atoms with Gasteiger partial charge in [-0.25, -0.2) is 0 Å². The van der Waals surface area contributed by atoms with E-state index in [4.69, 9.17) is 0 Å². The van der Waals surface area contributed by atoms with E-state index in [9.17, 15) is 23.6 Å². The molecule has 0 saturated carbocycles. The summed E-state index contributed by atoms with van der Waals surface area (Å²) in [6.07, 6.45) is 0.825. The topological polar surface area (TPSA) is 107 Å². The molecule has 0 spiro atoms. The molecule has 0 amide bonds. The Morgan fingerprint density at radius 3 is 2.44 bits per heavy atom. The van der Waals surface area contributed by atoms with Gasteiger partial charge in [-0.05, 0) is 18.6 Å². The maximum atomic E-state index is 10.9. The van der Waals surface area contributed by atoms with E-state index in [0.717, 1.165) is 18.4 Å². The second-order valence-electron chi connectivity index (χ2n) is 3.15. The predicted octanol–water partition coefficient (Wildman–Crippen LogP) is 0.947. The molecule has 0 radical (unpaired) electrons. The van der Waals surface area contributed by atoms with E-state index in [1.807, 2.05) is 0 Å². The van der Waals surface area contributed by atoms with Crippen LogP contribution < -0.4 is 4.18 Å². The summed E-state index contributed by atoms with van der Waals surface area (Å²) in [5, 5.41) is 19.7. The molecule has 0 heterocycles. The number of nitro groups is 1. The lowest BCUT2D eigenvalue weighted by Crippen LogP contribution is -2.07. The lowest BCUT2D eigenvalue weighted by atomic mass is 10.2. The minimum Gasteiger partial charge on any atom is -0.502 e. The Balaban J connectivity index is 3.31. The van der Waals surface area contributed by atoms with E-state index in [2.05, 4.69) is 4.18 Å². The highest BCUT2D eigenvalue weighted by molar-refractivity contribution is 7.86. The number of benzene rings is 1. The molecule has 8 heteroatoms. The van der Waals surface area contributed by atoms with Gasteiger partial charge in [0.15, 0.2) is 11.5 Å². The number of nitrogens with zero attached hydrogens (tertiary/aromatic N) is 1. The standard InChI is InChI=1S/C8H9NO6S/c1-5-3-7(10)6(9(11)12)4-8(5)15-16(2,13)14/h3-4,10H,1-2H3. The minimum absolute atomic E-state index is 0.174. The van der Waals surface area contributed by atoms with Gasteiger partial charge in [-0.15, -0.1) is 0 Å². The van der Waals surface area contributed by atoms with E-state index < -0.39 is 26.5 Å². The third-order valence-electron chi connectivity index (χ3n) is 1.71. The third-order valence-corrected chi connectivity index (χ3v) is 2.19. The number of rotatable bonds is 3. The zero-order valence-electron chi connectivity index (χ0n) is 8.50. The molecule has 0 unspecified atom stereocenters. The maximum Gasteiger partial charge on any atom is 0.314 e. The van der Waals surface area contributed by atoms with E-state index >= 15 is 0 Å².